The summed E-state index contributed by atoms with van der Waals surface area (Å²) in [7, 11) is 1.52. The summed E-state index contributed by atoms with van der Waals surface area (Å²) < 4.78 is 11.3. The number of fused-ring (bicyclic) bond motifs is 1. The summed E-state index contributed by atoms with van der Waals surface area (Å²) in [5.41, 5.74) is 1.52. The summed E-state index contributed by atoms with van der Waals surface area (Å²) >= 11 is 12.4. The molecule has 0 unspecified atom stereocenters. The first-order valence-corrected chi connectivity index (χ1v) is 11.6. The molecule has 0 radical (unpaired) electrons. The molecule has 0 aromatic heterocycles. The van der Waals surface area contributed by atoms with E-state index < -0.39 is 0 Å². The number of allylic oxidation sites excluding steroid dienone is 2. The second kappa shape index (κ2) is 8.84. The van der Waals surface area contributed by atoms with Gasteiger partial charge in [0.25, 0.3) is 11.8 Å². The number of carbonyl (C=O) groups excluding carboxylic acids is 2. The lowest BCUT2D eigenvalue weighted by atomic mass is 9.63. The molecule has 3 aliphatic carbocycles. The zero-order chi connectivity index (χ0) is 23.1. The summed E-state index contributed by atoms with van der Waals surface area (Å²) in [5.74, 6) is 0.0515. The number of rotatable bonds is 6. The van der Waals surface area contributed by atoms with Gasteiger partial charge in [0.2, 0.25) is 0 Å². The smallest absolute Gasteiger partial charge is 0.254 e. The molecule has 2 bridgehead atoms. The van der Waals surface area contributed by atoms with Crippen LogP contribution in [0.4, 0.5) is 0 Å². The molecule has 6 nitrogen and oxygen atoms in total. The number of imide groups is 1. The maximum Gasteiger partial charge on any atom is 0.254 e. The minimum absolute atomic E-state index is 0.128. The zero-order valence-electron chi connectivity index (χ0n) is 17.9. The molecule has 1 saturated heterocycles. The van der Waals surface area contributed by atoms with Gasteiger partial charge in [0.1, 0.15) is 6.61 Å². The molecule has 2 amide bonds. The van der Waals surface area contributed by atoms with Crippen molar-refractivity contribution >= 4 is 41.2 Å². The van der Waals surface area contributed by atoms with Crippen LogP contribution >= 0.6 is 23.2 Å². The van der Waals surface area contributed by atoms with Gasteiger partial charge >= 0.3 is 0 Å². The summed E-state index contributed by atoms with van der Waals surface area (Å²) in [6, 6.07) is 10.7. The molecule has 33 heavy (non-hydrogen) atoms. The molecule has 2 aromatic carbocycles. The fourth-order valence-corrected chi connectivity index (χ4v) is 5.39. The lowest BCUT2D eigenvalue weighted by Gasteiger charge is -2.37. The van der Waals surface area contributed by atoms with Crippen molar-refractivity contribution in [2.45, 2.75) is 19.4 Å². The topological polar surface area (TPSA) is 68.2 Å². The van der Waals surface area contributed by atoms with E-state index in [2.05, 4.69) is 17.3 Å². The Balaban J connectivity index is 1.34. The number of hydrogen-bond acceptors (Lipinski definition) is 5. The van der Waals surface area contributed by atoms with Crippen LogP contribution in [0, 0.1) is 23.7 Å². The number of hydrogen-bond donors (Lipinski definition) is 0. The van der Waals surface area contributed by atoms with Crippen molar-refractivity contribution in [1.82, 2.24) is 5.01 Å². The quantitative estimate of drug-likeness (QED) is 0.324. The van der Waals surface area contributed by atoms with Gasteiger partial charge in [0.15, 0.2) is 11.5 Å². The molecule has 2 aromatic rings. The third-order valence-corrected chi connectivity index (χ3v) is 7.14. The maximum absolute atomic E-state index is 12.9. The highest BCUT2D eigenvalue weighted by molar-refractivity contribution is 6.32. The lowest BCUT2D eigenvalue weighted by Crippen LogP contribution is -2.38. The van der Waals surface area contributed by atoms with E-state index >= 15 is 0 Å². The largest absolute Gasteiger partial charge is 0.493 e. The highest BCUT2D eigenvalue weighted by atomic mass is 35.5. The van der Waals surface area contributed by atoms with Gasteiger partial charge in [-0.15, -0.1) is 0 Å². The molecule has 1 saturated carbocycles. The molecule has 2 fully saturated rings. The molecule has 1 aliphatic heterocycles. The Hall–Kier alpha value is -2.83. The number of methoxy groups -OCH3 is 1. The van der Waals surface area contributed by atoms with Crippen molar-refractivity contribution in [3.63, 3.8) is 0 Å². The molecular formula is C25H22Cl2N2O4. The molecular weight excluding hydrogens is 463 g/mol. The first kappa shape index (κ1) is 22.0. The van der Waals surface area contributed by atoms with Crippen LogP contribution in [0.2, 0.25) is 10.0 Å². The fourth-order valence-electron chi connectivity index (χ4n) is 4.99. The predicted octanol–water partition coefficient (Wildman–Crippen LogP) is 5.11. The second-order valence-corrected chi connectivity index (χ2v) is 9.37. The van der Waals surface area contributed by atoms with Crippen LogP contribution in [0.3, 0.4) is 0 Å². The monoisotopic (exact) mass is 484 g/mol. The minimum Gasteiger partial charge on any atom is -0.493 e. The Bertz CT molecular complexity index is 1130. The zero-order valence-corrected chi connectivity index (χ0v) is 19.4. The average Bonchev–Trinajstić information content (AvgIpc) is 3.10. The first-order valence-electron chi connectivity index (χ1n) is 10.8. The molecule has 8 heteroatoms. The van der Waals surface area contributed by atoms with Crippen molar-refractivity contribution in [2.24, 2.45) is 28.8 Å². The maximum atomic E-state index is 12.9. The minimum atomic E-state index is -0.292. The number of amides is 2. The van der Waals surface area contributed by atoms with Crippen molar-refractivity contribution in [1.29, 1.82) is 0 Å². The van der Waals surface area contributed by atoms with Gasteiger partial charge in [0, 0.05) is 5.02 Å². The van der Waals surface area contributed by atoms with E-state index in [-0.39, 0.29) is 42.1 Å². The summed E-state index contributed by atoms with van der Waals surface area (Å²) in [6.07, 6.45) is 7.52. The molecule has 6 rings (SSSR count). The van der Waals surface area contributed by atoms with Crippen LogP contribution in [0.5, 0.6) is 11.5 Å². The number of carbonyl (C=O) groups is 2. The molecule has 0 spiro atoms. The normalized spacial score (nSPS) is 25.7. The molecule has 1 heterocycles. The Morgan fingerprint density at radius 3 is 2.24 bits per heavy atom. The lowest BCUT2D eigenvalue weighted by molar-refractivity contribution is -0.140. The van der Waals surface area contributed by atoms with Crippen LogP contribution in [0.1, 0.15) is 24.0 Å². The van der Waals surface area contributed by atoms with Gasteiger partial charge in [-0.3, -0.25) is 9.59 Å². The van der Waals surface area contributed by atoms with Gasteiger partial charge in [-0.1, -0.05) is 47.5 Å². The third kappa shape index (κ3) is 4.02. The Labute approximate surface area is 201 Å². The van der Waals surface area contributed by atoms with Gasteiger partial charge in [-0.25, -0.2) is 0 Å². The number of hydrazone groups is 1. The number of nitrogens with zero attached hydrogens (tertiary/aromatic N) is 2. The predicted molar refractivity (Wildman–Crippen MR) is 126 cm³/mol. The van der Waals surface area contributed by atoms with E-state index in [4.69, 9.17) is 32.7 Å². The molecule has 4 aliphatic rings. The summed E-state index contributed by atoms with van der Waals surface area (Å²) in [6.45, 7) is 0.288. The Morgan fingerprint density at radius 1 is 1.03 bits per heavy atom. The highest BCUT2D eigenvalue weighted by Gasteiger charge is 2.56. The van der Waals surface area contributed by atoms with Crippen molar-refractivity contribution < 1.29 is 19.1 Å². The summed E-state index contributed by atoms with van der Waals surface area (Å²) in [4.78, 5) is 25.8. The van der Waals surface area contributed by atoms with Crippen LogP contribution in [-0.2, 0) is 16.2 Å². The van der Waals surface area contributed by atoms with E-state index in [1.165, 1.54) is 13.3 Å². The number of ether oxygens (including phenoxy) is 2. The Kier molecular flexibility index (Phi) is 5.89. The van der Waals surface area contributed by atoms with Gasteiger partial charge in [0.05, 0.1) is 30.2 Å². The van der Waals surface area contributed by atoms with E-state index in [0.717, 1.165) is 23.4 Å². The number of benzene rings is 2. The van der Waals surface area contributed by atoms with Gasteiger partial charge in [-0.05, 0) is 60.1 Å². The van der Waals surface area contributed by atoms with E-state index in [1.807, 2.05) is 12.1 Å². The van der Waals surface area contributed by atoms with Gasteiger partial charge < -0.3 is 9.47 Å². The van der Waals surface area contributed by atoms with Gasteiger partial charge in [-0.2, -0.15) is 10.1 Å². The van der Waals surface area contributed by atoms with E-state index in [1.54, 1.807) is 24.3 Å². The van der Waals surface area contributed by atoms with Crippen LogP contribution in [0.25, 0.3) is 0 Å². The van der Waals surface area contributed by atoms with Crippen LogP contribution < -0.4 is 9.47 Å². The average molecular weight is 485 g/mol. The Morgan fingerprint density at radius 2 is 1.67 bits per heavy atom. The first-order chi connectivity index (χ1) is 16.0. The molecule has 4 atom stereocenters. The second-order valence-electron chi connectivity index (χ2n) is 8.52. The number of halogens is 2. The molecule has 0 N–H and O–H groups in total. The van der Waals surface area contributed by atoms with Crippen LogP contribution in [-0.4, -0.2) is 30.1 Å². The van der Waals surface area contributed by atoms with Crippen molar-refractivity contribution in [2.75, 3.05) is 7.11 Å². The van der Waals surface area contributed by atoms with E-state index in [0.29, 0.717) is 27.1 Å². The van der Waals surface area contributed by atoms with E-state index in [9.17, 15) is 9.59 Å². The van der Waals surface area contributed by atoms with Crippen molar-refractivity contribution in [3.05, 3.63) is 69.7 Å². The standard InChI is InChI=1S/C25H22Cl2N2O4/c1-32-20-11-15(10-19(27)23(20)33-13-14-2-8-18(26)9-3-14)12-28-29-24(30)21-16-4-5-17(7-6-16)22(21)25(29)31/h2-5,8-12,16-17,21-22H,6-7,13H2,1H3/b28-12-/t16-,17-,21-,22+/m0/s1. The van der Waals surface area contributed by atoms with Crippen molar-refractivity contribution in [3.8, 4) is 11.5 Å². The summed E-state index contributed by atoms with van der Waals surface area (Å²) in [5, 5.41) is 6.25. The highest BCUT2D eigenvalue weighted by Crippen LogP contribution is 2.49. The SMILES string of the molecule is COc1cc(/C=N\N2C(=O)[C@@H]3[C@H](C2=O)[C@H]2C=C[C@H]3CC2)cc(Cl)c1OCc1ccc(Cl)cc1. The fraction of sp³-hybridized carbons (Fsp3) is 0.320. The third-order valence-electron chi connectivity index (χ3n) is 6.61. The van der Waals surface area contributed by atoms with Crippen LogP contribution in [0.15, 0.2) is 53.7 Å². The molecule has 170 valence electrons.